The zero-order chi connectivity index (χ0) is 20.9. The van der Waals surface area contributed by atoms with Crippen molar-refractivity contribution in [3.63, 3.8) is 0 Å². The molecule has 1 atom stereocenters. The maximum Gasteiger partial charge on any atom is 0.414 e. The smallest absolute Gasteiger partial charge is 0.414 e. The minimum Gasteiger partial charge on any atom is -0.447 e. The first-order valence-corrected chi connectivity index (χ1v) is 9.67. The van der Waals surface area contributed by atoms with Crippen molar-refractivity contribution in [3.05, 3.63) is 90.3 Å². The Bertz CT molecular complexity index is 987. The molecule has 0 aliphatic carbocycles. The van der Waals surface area contributed by atoms with Crippen LogP contribution < -0.4 is 10.2 Å². The summed E-state index contributed by atoms with van der Waals surface area (Å²) in [5.74, 6) is 0. The third-order valence-electron chi connectivity index (χ3n) is 4.96. The van der Waals surface area contributed by atoms with E-state index in [4.69, 9.17) is 4.74 Å². The molecule has 4 rings (SSSR count). The minimum atomic E-state index is -0.380. The Hall–Kier alpha value is -3.87. The quantitative estimate of drug-likeness (QED) is 0.691. The van der Waals surface area contributed by atoms with Gasteiger partial charge in [-0.3, -0.25) is 9.88 Å². The molecule has 1 aliphatic heterocycles. The maximum atomic E-state index is 13.1. The van der Waals surface area contributed by atoms with Crippen molar-refractivity contribution in [1.29, 1.82) is 0 Å². The molecule has 1 aromatic heterocycles. The second kappa shape index (κ2) is 8.65. The van der Waals surface area contributed by atoms with Gasteiger partial charge in [-0.05, 0) is 35.9 Å². The zero-order valence-electron chi connectivity index (χ0n) is 16.6. The average Bonchev–Trinajstić information content (AvgIpc) is 3.21. The molecule has 1 fully saturated rings. The predicted octanol–water partition coefficient (Wildman–Crippen LogP) is 4.29. The molecule has 1 unspecified atom stereocenters. The second-order valence-corrected chi connectivity index (χ2v) is 6.93. The van der Waals surface area contributed by atoms with Gasteiger partial charge in [-0.1, -0.05) is 42.5 Å². The number of ether oxygens (including phenoxy) is 1. The monoisotopic (exact) mass is 402 g/mol. The average molecular weight is 402 g/mol. The summed E-state index contributed by atoms with van der Waals surface area (Å²) in [6.07, 6.45) is 1.34. The van der Waals surface area contributed by atoms with Gasteiger partial charge in [-0.25, -0.2) is 9.59 Å². The molecule has 0 bridgehead atoms. The Labute approximate surface area is 174 Å². The van der Waals surface area contributed by atoms with Crippen LogP contribution in [0.1, 0.15) is 17.3 Å². The highest BCUT2D eigenvalue weighted by atomic mass is 16.6. The van der Waals surface area contributed by atoms with Crippen LogP contribution in [-0.2, 0) is 4.74 Å². The molecule has 3 aromatic rings. The van der Waals surface area contributed by atoms with E-state index in [2.05, 4.69) is 10.3 Å². The van der Waals surface area contributed by atoms with Gasteiger partial charge in [0.05, 0.1) is 12.2 Å². The van der Waals surface area contributed by atoms with Gasteiger partial charge in [-0.15, -0.1) is 0 Å². The van der Waals surface area contributed by atoms with Crippen LogP contribution in [0.5, 0.6) is 0 Å². The van der Waals surface area contributed by atoms with Crippen LogP contribution in [-0.4, -0.2) is 42.2 Å². The van der Waals surface area contributed by atoms with Gasteiger partial charge in [0.15, 0.2) is 0 Å². The molecule has 30 heavy (non-hydrogen) atoms. The highest BCUT2D eigenvalue weighted by Gasteiger charge is 2.26. The number of amides is 3. The summed E-state index contributed by atoms with van der Waals surface area (Å²) in [5.41, 5.74) is 3.01. The van der Waals surface area contributed by atoms with E-state index in [-0.39, 0.29) is 18.2 Å². The van der Waals surface area contributed by atoms with E-state index in [0.717, 1.165) is 11.3 Å². The number of nitrogens with zero attached hydrogens (tertiary/aromatic N) is 3. The fraction of sp³-hybridized carbons (Fsp3) is 0.174. The van der Waals surface area contributed by atoms with Crippen molar-refractivity contribution >= 4 is 23.5 Å². The zero-order valence-corrected chi connectivity index (χ0v) is 16.6. The molecular formula is C23H22N4O3. The number of aromatic nitrogens is 1. The van der Waals surface area contributed by atoms with Crippen LogP contribution in [0.25, 0.3) is 0 Å². The molecular weight excluding hydrogens is 380 g/mol. The largest absolute Gasteiger partial charge is 0.447 e. The maximum absolute atomic E-state index is 13.1. The molecule has 152 valence electrons. The number of cyclic esters (lactones) is 1. The van der Waals surface area contributed by atoms with Crippen molar-refractivity contribution in [2.24, 2.45) is 0 Å². The van der Waals surface area contributed by atoms with Gasteiger partial charge in [0, 0.05) is 24.6 Å². The number of pyridine rings is 1. The third kappa shape index (κ3) is 4.10. The Morgan fingerprint density at radius 3 is 2.60 bits per heavy atom. The van der Waals surface area contributed by atoms with E-state index < -0.39 is 0 Å². The number of nitrogens with one attached hydrogen (secondary N) is 1. The summed E-state index contributed by atoms with van der Waals surface area (Å²) in [7, 11) is 1.74. The highest BCUT2D eigenvalue weighted by molar-refractivity contribution is 5.93. The lowest BCUT2D eigenvalue weighted by atomic mass is 10.0. The van der Waals surface area contributed by atoms with E-state index >= 15 is 0 Å². The van der Waals surface area contributed by atoms with E-state index in [1.165, 1.54) is 0 Å². The summed E-state index contributed by atoms with van der Waals surface area (Å²) in [5, 5.41) is 2.92. The Kier molecular flexibility index (Phi) is 5.61. The lowest BCUT2D eigenvalue weighted by molar-refractivity contribution is 0.181. The van der Waals surface area contributed by atoms with Crippen LogP contribution in [0.15, 0.2) is 79.0 Å². The number of urea groups is 1. The number of anilines is 2. The number of hydrogen-bond donors (Lipinski definition) is 1. The summed E-state index contributed by atoms with van der Waals surface area (Å²) in [4.78, 5) is 32.5. The van der Waals surface area contributed by atoms with Gasteiger partial charge in [0.25, 0.3) is 0 Å². The molecule has 0 spiro atoms. The molecule has 7 nitrogen and oxygen atoms in total. The normalized spacial score (nSPS) is 14.2. The standard InChI is InChI=1S/C23H22N4O3/c1-26(21(17-8-3-2-4-9-17)20-12-5-6-13-24-20)22(28)25-18-10-7-11-19(16-18)27-14-15-30-23(27)29/h2-13,16,21H,14-15H2,1H3,(H,25,28). The van der Waals surface area contributed by atoms with Crippen LogP contribution in [0.4, 0.5) is 21.0 Å². The van der Waals surface area contributed by atoms with Crippen LogP contribution >= 0.6 is 0 Å². The number of rotatable bonds is 5. The molecule has 0 saturated carbocycles. The second-order valence-electron chi connectivity index (χ2n) is 6.93. The number of carbonyl (C=O) groups is 2. The molecule has 1 N–H and O–H groups in total. The predicted molar refractivity (Wildman–Crippen MR) is 114 cm³/mol. The number of carbonyl (C=O) groups excluding carboxylic acids is 2. The number of hydrogen-bond acceptors (Lipinski definition) is 4. The Morgan fingerprint density at radius 1 is 1.10 bits per heavy atom. The van der Waals surface area contributed by atoms with Crippen molar-refractivity contribution in [3.8, 4) is 0 Å². The molecule has 3 amide bonds. The topological polar surface area (TPSA) is 74.8 Å². The first kappa shape index (κ1) is 19.4. The fourth-order valence-electron chi connectivity index (χ4n) is 3.47. The van der Waals surface area contributed by atoms with Crippen molar-refractivity contribution in [2.75, 3.05) is 30.4 Å². The summed E-state index contributed by atoms with van der Waals surface area (Å²) in [6, 6.07) is 22.0. The van der Waals surface area contributed by atoms with Crippen molar-refractivity contribution < 1.29 is 14.3 Å². The highest BCUT2D eigenvalue weighted by Crippen LogP contribution is 2.27. The molecule has 1 saturated heterocycles. The van der Waals surface area contributed by atoms with E-state index in [9.17, 15) is 9.59 Å². The summed E-state index contributed by atoms with van der Waals surface area (Å²) >= 11 is 0. The summed E-state index contributed by atoms with van der Waals surface area (Å²) < 4.78 is 4.99. The van der Waals surface area contributed by atoms with E-state index in [1.807, 2.05) is 54.6 Å². The van der Waals surface area contributed by atoms with Crippen LogP contribution in [0.2, 0.25) is 0 Å². The summed E-state index contributed by atoms with van der Waals surface area (Å²) in [6.45, 7) is 0.854. The fourth-order valence-corrected chi connectivity index (χ4v) is 3.47. The minimum absolute atomic E-state index is 0.282. The Balaban J connectivity index is 1.56. The number of benzene rings is 2. The first-order valence-electron chi connectivity index (χ1n) is 9.67. The SMILES string of the molecule is CN(C(=O)Nc1cccc(N2CCOC2=O)c1)C(c1ccccc1)c1ccccn1. The molecule has 0 radical (unpaired) electrons. The van der Waals surface area contributed by atoms with E-state index in [0.29, 0.717) is 24.5 Å². The van der Waals surface area contributed by atoms with Gasteiger partial charge in [0.1, 0.15) is 12.6 Å². The van der Waals surface area contributed by atoms with Gasteiger partial charge in [0.2, 0.25) is 0 Å². The molecule has 2 aromatic carbocycles. The van der Waals surface area contributed by atoms with Gasteiger partial charge >= 0.3 is 12.1 Å². The van der Waals surface area contributed by atoms with Gasteiger partial charge < -0.3 is 15.0 Å². The molecule has 7 heteroatoms. The van der Waals surface area contributed by atoms with Crippen LogP contribution in [0.3, 0.4) is 0 Å². The van der Waals surface area contributed by atoms with Crippen molar-refractivity contribution in [1.82, 2.24) is 9.88 Å². The van der Waals surface area contributed by atoms with E-state index in [1.54, 1.807) is 41.2 Å². The molecule has 2 heterocycles. The van der Waals surface area contributed by atoms with Gasteiger partial charge in [-0.2, -0.15) is 0 Å². The first-order chi connectivity index (χ1) is 14.6. The lowest BCUT2D eigenvalue weighted by Crippen LogP contribution is -2.36. The lowest BCUT2D eigenvalue weighted by Gasteiger charge is -2.28. The van der Waals surface area contributed by atoms with Crippen LogP contribution in [0, 0.1) is 0 Å². The molecule has 1 aliphatic rings. The third-order valence-corrected chi connectivity index (χ3v) is 4.96. The Morgan fingerprint density at radius 2 is 1.90 bits per heavy atom. The van der Waals surface area contributed by atoms with Crippen molar-refractivity contribution in [2.45, 2.75) is 6.04 Å².